The Hall–Kier alpha value is -3.04. The second-order valence-corrected chi connectivity index (χ2v) is 9.56. The molecular weight excluding hydrogens is 418 g/mol. The van der Waals surface area contributed by atoms with Crippen LogP contribution in [0.5, 0.6) is 5.75 Å². The number of ether oxygens (including phenoxy) is 1. The molecule has 1 atom stereocenters. The largest absolute Gasteiger partial charge is 0.497 e. The lowest BCUT2D eigenvalue weighted by molar-refractivity contribution is -0.115. The molecule has 1 heterocycles. The normalized spacial score (nSPS) is 19.6. The van der Waals surface area contributed by atoms with Gasteiger partial charge in [0.15, 0.2) is 0 Å². The molecule has 0 saturated heterocycles. The summed E-state index contributed by atoms with van der Waals surface area (Å²) in [5.41, 5.74) is 3.63. The van der Waals surface area contributed by atoms with Crippen molar-refractivity contribution in [1.82, 2.24) is 0 Å². The molecule has 0 bridgehead atoms. The fourth-order valence-corrected chi connectivity index (χ4v) is 5.08. The van der Waals surface area contributed by atoms with E-state index >= 15 is 0 Å². The Morgan fingerprint density at radius 3 is 2.28 bits per heavy atom. The van der Waals surface area contributed by atoms with Crippen LogP contribution in [-0.4, -0.2) is 18.6 Å². The molecule has 0 saturated carbocycles. The Kier molecular flexibility index (Phi) is 5.87. The standard InChI is InChI=1S/C28H28ClNO2/c1-27(2)19-28(3,21-12-14-22(29)15-13-21)24-7-5-6-8-25(24)30(27)26(31)18-11-20-9-16-23(32-4)17-10-20/h5-18H,19H2,1-4H3/b18-11+. The van der Waals surface area contributed by atoms with Crippen molar-refractivity contribution in [2.24, 2.45) is 0 Å². The summed E-state index contributed by atoms with van der Waals surface area (Å²) >= 11 is 6.15. The first-order valence-corrected chi connectivity index (χ1v) is 11.1. The van der Waals surface area contributed by atoms with Crippen molar-refractivity contribution < 1.29 is 9.53 Å². The smallest absolute Gasteiger partial charge is 0.251 e. The van der Waals surface area contributed by atoms with E-state index in [4.69, 9.17) is 16.3 Å². The zero-order valence-corrected chi connectivity index (χ0v) is 19.7. The fraction of sp³-hybridized carbons (Fsp3) is 0.250. The van der Waals surface area contributed by atoms with Gasteiger partial charge in [0.2, 0.25) is 0 Å². The van der Waals surface area contributed by atoms with Crippen molar-refractivity contribution in [1.29, 1.82) is 0 Å². The Morgan fingerprint density at radius 2 is 1.62 bits per heavy atom. The van der Waals surface area contributed by atoms with Gasteiger partial charge in [-0.15, -0.1) is 0 Å². The molecule has 3 aromatic rings. The summed E-state index contributed by atoms with van der Waals surface area (Å²) in [5.74, 6) is 0.762. The van der Waals surface area contributed by atoms with Crippen molar-refractivity contribution in [2.45, 2.75) is 38.1 Å². The summed E-state index contributed by atoms with van der Waals surface area (Å²) in [6.45, 7) is 6.53. The lowest BCUT2D eigenvalue weighted by atomic mass is 9.65. The van der Waals surface area contributed by atoms with E-state index in [-0.39, 0.29) is 16.9 Å². The molecule has 1 amide bonds. The monoisotopic (exact) mass is 445 g/mol. The number of halogens is 1. The number of fused-ring (bicyclic) bond motifs is 1. The maximum Gasteiger partial charge on any atom is 0.251 e. The molecule has 32 heavy (non-hydrogen) atoms. The van der Waals surface area contributed by atoms with Gasteiger partial charge in [0.1, 0.15) is 5.75 Å². The molecular formula is C28H28ClNO2. The molecule has 0 aliphatic carbocycles. The van der Waals surface area contributed by atoms with Gasteiger partial charge in [-0.25, -0.2) is 0 Å². The van der Waals surface area contributed by atoms with Gasteiger partial charge in [0.05, 0.1) is 7.11 Å². The molecule has 0 fully saturated rings. The third-order valence-corrected chi connectivity index (χ3v) is 6.62. The molecule has 0 N–H and O–H groups in total. The van der Waals surface area contributed by atoms with Gasteiger partial charge in [-0.05, 0) is 73.4 Å². The number of methoxy groups -OCH3 is 1. The van der Waals surface area contributed by atoms with Gasteiger partial charge < -0.3 is 9.64 Å². The fourth-order valence-electron chi connectivity index (χ4n) is 4.95. The average molecular weight is 446 g/mol. The Bertz CT molecular complexity index is 1150. The molecule has 1 aliphatic heterocycles. The number of carbonyl (C=O) groups is 1. The van der Waals surface area contributed by atoms with Crippen molar-refractivity contribution in [3.8, 4) is 5.75 Å². The first kappa shape index (κ1) is 22.2. The molecule has 4 heteroatoms. The number of hydrogen-bond donors (Lipinski definition) is 0. The van der Waals surface area contributed by atoms with Gasteiger partial charge in [-0.1, -0.05) is 61.0 Å². The number of hydrogen-bond acceptors (Lipinski definition) is 2. The second-order valence-electron chi connectivity index (χ2n) is 9.13. The highest BCUT2D eigenvalue weighted by molar-refractivity contribution is 6.30. The van der Waals surface area contributed by atoms with E-state index < -0.39 is 0 Å². The van der Waals surface area contributed by atoms with Crippen LogP contribution in [0.4, 0.5) is 5.69 Å². The maximum absolute atomic E-state index is 13.5. The van der Waals surface area contributed by atoms with Crippen molar-refractivity contribution in [3.05, 3.63) is 101 Å². The summed E-state index contributed by atoms with van der Waals surface area (Å²) in [4.78, 5) is 15.4. The van der Waals surface area contributed by atoms with Crippen LogP contribution in [0.3, 0.4) is 0 Å². The number of carbonyl (C=O) groups excluding carboxylic acids is 1. The van der Waals surface area contributed by atoms with Crippen molar-refractivity contribution >= 4 is 29.3 Å². The zero-order chi connectivity index (χ0) is 22.9. The lowest BCUT2D eigenvalue weighted by Crippen LogP contribution is -2.55. The van der Waals surface area contributed by atoms with E-state index in [1.54, 1.807) is 13.2 Å². The van der Waals surface area contributed by atoms with Crippen molar-refractivity contribution in [3.63, 3.8) is 0 Å². The number of nitrogens with zero attached hydrogens (tertiary/aromatic N) is 1. The minimum absolute atomic E-state index is 0.0311. The zero-order valence-electron chi connectivity index (χ0n) is 18.9. The van der Waals surface area contributed by atoms with Crippen LogP contribution in [0.1, 0.15) is 43.9 Å². The quantitative estimate of drug-likeness (QED) is 0.409. The minimum atomic E-state index is -0.385. The third-order valence-electron chi connectivity index (χ3n) is 6.37. The average Bonchev–Trinajstić information content (AvgIpc) is 2.78. The van der Waals surface area contributed by atoms with E-state index in [9.17, 15) is 4.79 Å². The summed E-state index contributed by atoms with van der Waals surface area (Å²) in [5, 5.41) is 0.723. The first-order valence-electron chi connectivity index (χ1n) is 10.8. The van der Waals surface area contributed by atoms with Crippen LogP contribution < -0.4 is 9.64 Å². The highest BCUT2D eigenvalue weighted by Gasteiger charge is 2.47. The number of para-hydroxylation sites is 1. The number of amides is 1. The molecule has 1 aliphatic rings. The summed E-state index contributed by atoms with van der Waals surface area (Å²) < 4.78 is 5.21. The SMILES string of the molecule is COc1ccc(/C=C/C(=O)N2c3ccccc3C(C)(c3ccc(Cl)cc3)CC2(C)C)cc1. The van der Waals surface area contributed by atoms with Crippen LogP contribution in [0, 0.1) is 0 Å². The van der Waals surface area contributed by atoms with E-state index in [1.807, 2.05) is 65.6 Å². The predicted molar refractivity (Wildman–Crippen MR) is 133 cm³/mol. The molecule has 1 unspecified atom stereocenters. The molecule has 3 aromatic carbocycles. The first-order chi connectivity index (χ1) is 15.2. The van der Waals surface area contributed by atoms with Gasteiger partial charge >= 0.3 is 0 Å². The molecule has 3 nitrogen and oxygen atoms in total. The molecule has 0 aromatic heterocycles. The Labute approximate surface area is 195 Å². The van der Waals surface area contributed by atoms with Crippen LogP contribution in [-0.2, 0) is 10.2 Å². The van der Waals surface area contributed by atoms with Gasteiger partial charge in [-0.2, -0.15) is 0 Å². The number of benzene rings is 3. The van der Waals surface area contributed by atoms with E-state index in [2.05, 4.69) is 39.0 Å². The number of rotatable bonds is 4. The lowest BCUT2D eigenvalue weighted by Gasteiger charge is -2.51. The summed E-state index contributed by atoms with van der Waals surface area (Å²) in [6, 6.07) is 23.9. The topological polar surface area (TPSA) is 29.5 Å². The van der Waals surface area contributed by atoms with Gasteiger partial charge in [0, 0.05) is 27.7 Å². The van der Waals surface area contributed by atoms with E-state index in [0.29, 0.717) is 0 Å². The summed E-state index contributed by atoms with van der Waals surface area (Å²) in [7, 11) is 1.64. The Balaban J connectivity index is 1.73. The predicted octanol–water partition coefficient (Wildman–Crippen LogP) is 6.88. The molecule has 0 spiro atoms. The third kappa shape index (κ3) is 4.05. The maximum atomic E-state index is 13.5. The molecule has 0 radical (unpaired) electrons. The van der Waals surface area contributed by atoms with Gasteiger partial charge in [0.25, 0.3) is 5.91 Å². The van der Waals surface area contributed by atoms with E-state index in [1.165, 1.54) is 5.56 Å². The molecule has 164 valence electrons. The van der Waals surface area contributed by atoms with Crippen LogP contribution >= 0.6 is 11.6 Å². The second kappa shape index (κ2) is 8.48. The van der Waals surface area contributed by atoms with Crippen molar-refractivity contribution in [2.75, 3.05) is 12.0 Å². The highest BCUT2D eigenvalue weighted by Crippen LogP contribution is 2.50. The highest BCUT2D eigenvalue weighted by atomic mass is 35.5. The van der Waals surface area contributed by atoms with Crippen LogP contribution in [0.2, 0.25) is 5.02 Å². The molecule has 4 rings (SSSR count). The van der Waals surface area contributed by atoms with Crippen LogP contribution in [0.25, 0.3) is 6.08 Å². The van der Waals surface area contributed by atoms with Gasteiger partial charge in [-0.3, -0.25) is 4.79 Å². The Morgan fingerprint density at radius 1 is 0.969 bits per heavy atom. The minimum Gasteiger partial charge on any atom is -0.497 e. The number of anilines is 1. The van der Waals surface area contributed by atoms with E-state index in [0.717, 1.165) is 34.0 Å². The van der Waals surface area contributed by atoms with Crippen LogP contribution in [0.15, 0.2) is 78.9 Å². The summed E-state index contributed by atoms with van der Waals surface area (Å²) in [6.07, 6.45) is 4.31.